The van der Waals surface area contributed by atoms with Crippen molar-refractivity contribution in [3.05, 3.63) is 28.8 Å². The van der Waals surface area contributed by atoms with Crippen molar-refractivity contribution in [2.24, 2.45) is 0 Å². The highest BCUT2D eigenvalue weighted by Gasteiger charge is 2.20. The lowest BCUT2D eigenvalue weighted by Crippen LogP contribution is -2.10. The van der Waals surface area contributed by atoms with Gasteiger partial charge in [0.05, 0.1) is 0 Å². The van der Waals surface area contributed by atoms with Crippen LogP contribution in [-0.4, -0.2) is 17.7 Å². The van der Waals surface area contributed by atoms with Crippen molar-refractivity contribution in [2.75, 3.05) is 0 Å². The fraction of sp³-hybridized carbons (Fsp3) is 0.300. The molecule has 0 saturated carbocycles. The highest BCUT2D eigenvalue weighted by atomic mass is 35.5. The molecular formula is C10H9ClF2O3. The van der Waals surface area contributed by atoms with Gasteiger partial charge in [-0.1, -0.05) is 6.07 Å². The molecule has 0 spiro atoms. The Bertz CT molecular complexity index is 407. The van der Waals surface area contributed by atoms with E-state index in [1.807, 2.05) is 0 Å². The number of aryl methyl sites for hydroxylation is 1. The first-order valence-corrected chi connectivity index (χ1v) is 4.87. The molecule has 0 aliphatic heterocycles. The predicted octanol–water partition coefficient (Wildman–Crippen LogP) is 3.03. The van der Waals surface area contributed by atoms with E-state index >= 15 is 0 Å². The highest BCUT2D eigenvalue weighted by molar-refractivity contribution is 6.18. The SMILES string of the molecule is Cc1ccc(OC(F)F)c(C(=O)O)c1CCl. The topological polar surface area (TPSA) is 46.5 Å². The van der Waals surface area contributed by atoms with Crippen LogP contribution in [-0.2, 0) is 5.88 Å². The van der Waals surface area contributed by atoms with Gasteiger partial charge < -0.3 is 9.84 Å². The second-order valence-corrected chi connectivity index (χ2v) is 3.32. The Morgan fingerprint density at radius 3 is 2.62 bits per heavy atom. The van der Waals surface area contributed by atoms with Crippen LogP contribution in [0.2, 0.25) is 0 Å². The normalized spacial score (nSPS) is 10.6. The quantitative estimate of drug-likeness (QED) is 0.836. The summed E-state index contributed by atoms with van der Waals surface area (Å²) >= 11 is 5.58. The number of rotatable bonds is 4. The van der Waals surface area contributed by atoms with E-state index in [1.165, 1.54) is 12.1 Å². The van der Waals surface area contributed by atoms with Gasteiger partial charge in [0.15, 0.2) is 0 Å². The van der Waals surface area contributed by atoms with Crippen LogP contribution in [0.3, 0.4) is 0 Å². The largest absolute Gasteiger partial charge is 0.478 e. The fourth-order valence-electron chi connectivity index (χ4n) is 1.33. The molecule has 16 heavy (non-hydrogen) atoms. The highest BCUT2D eigenvalue weighted by Crippen LogP contribution is 2.28. The first-order valence-electron chi connectivity index (χ1n) is 4.34. The van der Waals surface area contributed by atoms with Gasteiger partial charge in [-0.2, -0.15) is 8.78 Å². The molecule has 0 aliphatic carbocycles. The zero-order valence-corrected chi connectivity index (χ0v) is 9.09. The van der Waals surface area contributed by atoms with Crippen LogP contribution < -0.4 is 4.74 Å². The van der Waals surface area contributed by atoms with Gasteiger partial charge >= 0.3 is 12.6 Å². The van der Waals surface area contributed by atoms with Crippen molar-refractivity contribution in [1.82, 2.24) is 0 Å². The summed E-state index contributed by atoms with van der Waals surface area (Å²) in [6.45, 7) is -1.42. The van der Waals surface area contributed by atoms with E-state index in [0.29, 0.717) is 5.56 Å². The van der Waals surface area contributed by atoms with Gasteiger partial charge in [-0.3, -0.25) is 0 Å². The second-order valence-electron chi connectivity index (χ2n) is 3.05. The van der Waals surface area contributed by atoms with Crippen molar-refractivity contribution in [2.45, 2.75) is 19.4 Å². The van der Waals surface area contributed by atoms with Crippen LogP contribution in [0.1, 0.15) is 21.5 Å². The third kappa shape index (κ3) is 2.61. The van der Waals surface area contributed by atoms with E-state index in [-0.39, 0.29) is 22.8 Å². The Balaban J connectivity index is 3.33. The lowest BCUT2D eigenvalue weighted by Gasteiger charge is -2.12. The van der Waals surface area contributed by atoms with Gasteiger partial charge in [-0.15, -0.1) is 11.6 Å². The third-order valence-corrected chi connectivity index (χ3v) is 2.34. The molecule has 0 aromatic heterocycles. The van der Waals surface area contributed by atoms with Crippen LogP contribution in [0, 0.1) is 6.92 Å². The lowest BCUT2D eigenvalue weighted by atomic mass is 10.0. The average Bonchev–Trinajstić information content (AvgIpc) is 2.18. The van der Waals surface area contributed by atoms with Crippen molar-refractivity contribution < 1.29 is 23.4 Å². The number of carboxylic acid groups (broad SMARTS) is 1. The van der Waals surface area contributed by atoms with Crippen molar-refractivity contribution >= 4 is 17.6 Å². The van der Waals surface area contributed by atoms with Gasteiger partial charge in [-0.25, -0.2) is 4.79 Å². The molecular weight excluding hydrogens is 242 g/mol. The van der Waals surface area contributed by atoms with Crippen molar-refractivity contribution in [1.29, 1.82) is 0 Å². The Kier molecular flexibility index (Phi) is 4.06. The molecule has 6 heteroatoms. The number of halogens is 3. The third-order valence-electron chi connectivity index (χ3n) is 2.07. The maximum absolute atomic E-state index is 12.1. The Morgan fingerprint density at radius 1 is 1.56 bits per heavy atom. The number of alkyl halides is 3. The Hall–Kier alpha value is -1.36. The first kappa shape index (κ1) is 12.7. The van der Waals surface area contributed by atoms with Crippen molar-refractivity contribution in [3.63, 3.8) is 0 Å². The summed E-state index contributed by atoms with van der Waals surface area (Å²) in [4.78, 5) is 11.0. The number of carboxylic acids is 1. The van der Waals surface area contributed by atoms with E-state index in [2.05, 4.69) is 4.74 Å². The zero-order chi connectivity index (χ0) is 12.3. The fourth-order valence-corrected chi connectivity index (χ4v) is 1.68. The van der Waals surface area contributed by atoms with E-state index in [4.69, 9.17) is 16.7 Å². The van der Waals surface area contributed by atoms with Crippen LogP contribution in [0.25, 0.3) is 0 Å². The van der Waals surface area contributed by atoms with E-state index < -0.39 is 12.6 Å². The van der Waals surface area contributed by atoms with Gasteiger partial charge in [0.25, 0.3) is 0 Å². The summed E-state index contributed by atoms with van der Waals surface area (Å²) in [6, 6.07) is 2.68. The number of ether oxygens (including phenoxy) is 1. The molecule has 0 unspecified atom stereocenters. The van der Waals surface area contributed by atoms with Crippen molar-refractivity contribution in [3.8, 4) is 5.75 Å². The van der Waals surface area contributed by atoms with E-state index in [1.54, 1.807) is 6.92 Å². The summed E-state index contributed by atoms with van der Waals surface area (Å²) in [5.41, 5.74) is 0.594. The van der Waals surface area contributed by atoms with E-state index in [9.17, 15) is 13.6 Å². The molecule has 3 nitrogen and oxygen atoms in total. The molecule has 0 amide bonds. The lowest BCUT2D eigenvalue weighted by molar-refractivity contribution is -0.0503. The van der Waals surface area contributed by atoms with Crippen LogP contribution in [0.5, 0.6) is 5.75 Å². The summed E-state index contributed by atoms with van der Waals surface area (Å²) < 4.78 is 28.2. The minimum absolute atomic E-state index is 0.0755. The van der Waals surface area contributed by atoms with Gasteiger partial charge in [0.1, 0.15) is 11.3 Å². The number of hydrogen-bond acceptors (Lipinski definition) is 2. The molecule has 0 bridgehead atoms. The predicted molar refractivity (Wildman–Crippen MR) is 54.3 cm³/mol. The molecule has 1 aromatic rings. The molecule has 1 rings (SSSR count). The number of hydrogen-bond donors (Lipinski definition) is 1. The molecule has 0 radical (unpaired) electrons. The van der Waals surface area contributed by atoms with Crippen LogP contribution in [0.15, 0.2) is 12.1 Å². The minimum atomic E-state index is -3.07. The second kappa shape index (κ2) is 5.12. The summed E-state index contributed by atoms with van der Waals surface area (Å²) in [5.74, 6) is -1.78. The molecule has 0 heterocycles. The monoisotopic (exact) mass is 250 g/mol. The number of benzene rings is 1. The van der Waals surface area contributed by atoms with E-state index in [0.717, 1.165) is 0 Å². The molecule has 0 aliphatic rings. The minimum Gasteiger partial charge on any atom is -0.478 e. The molecule has 0 atom stereocenters. The molecule has 88 valence electrons. The Morgan fingerprint density at radius 2 is 2.19 bits per heavy atom. The van der Waals surface area contributed by atoms with Crippen LogP contribution in [0.4, 0.5) is 8.78 Å². The number of carbonyl (C=O) groups is 1. The molecule has 1 aromatic carbocycles. The smallest absolute Gasteiger partial charge is 0.387 e. The standard InChI is InChI=1S/C10H9ClF2O3/c1-5-2-3-7(16-10(12)13)8(9(14)15)6(5)4-11/h2-3,10H,4H2,1H3,(H,14,15). The van der Waals surface area contributed by atoms with Gasteiger partial charge in [-0.05, 0) is 24.1 Å². The molecule has 0 fully saturated rings. The summed E-state index contributed by atoms with van der Waals surface area (Å²) in [7, 11) is 0. The molecule has 0 saturated heterocycles. The maximum atomic E-state index is 12.1. The molecule has 1 N–H and O–H groups in total. The Labute approximate surface area is 95.6 Å². The average molecular weight is 251 g/mol. The summed E-state index contributed by atoms with van der Waals surface area (Å²) in [5, 5.41) is 8.93. The van der Waals surface area contributed by atoms with Gasteiger partial charge in [0, 0.05) is 5.88 Å². The zero-order valence-electron chi connectivity index (χ0n) is 8.34. The maximum Gasteiger partial charge on any atom is 0.387 e. The van der Waals surface area contributed by atoms with Gasteiger partial charge in [0.2, 0.25) is 0 Å². The summed E-state index contributed by atoms with van der Waals surface area (Å²) in [6.07, 6.45) is 0. The first-order chi connectivity index (χ1) is 7.47. The van der Waals surface area contributed by atoms with Crippen LogP contribution >= 0.6 is 11.6 Å². The number of aromatic carboxylic acids is 1.